The molecule has 0 saturated carbocycles. The number of hydrogen-bond donors (Lipinski definition) is 0. The lowest BCUT2D eigenvalue weighted by Crippen LogP contribution is -2.09. The average Bonchev–Trinajstić information content (AvgIpc) is 2.57. The Hall–Kier alpha value is -1.51. The van der Waals surface area contributed by atoms with Crippen molar-refractivity contribution in [1.29, 1.82) is 0 Å². The van der Waals surface area contributed by atoms with Crippen LogP contribution in [0.5, 0.6) is 5.75 Å². The zero-order valence-corrected chi connectivity index (χ0v) is 9.77. The summed E-state index contributed by atoms with van der Waals surface area (Å²) in [4.78, 5) is 11.4. The van der Waals surface area contributed by atoms with Crippen LogP contribution in [0.1, 0.15) is 25.5 Å². The van der Waals surface area contributed by atoms with E-state index < -0.39 is 0 Å². The maximum Gasteiger partial charge on any atom is 0.309 e. The van der Waals surface area contributed by atoms with Crippen LogP contribution in [-0.4, -0.2) is 13.1 Å². The van der Waals surface area contributed by atoms with Crippen molar-refractivity contribution in [3.8, 4) is 5.75 Å². The largest absolute Gasteiger partial charge is 0.497 e. The fourth-order valence-electron chi connectivity index (χ4n) is 1.98. The van der Waals surface area contributed by atoms with Crippen molar-refractivity contribution in [2.45, 2.75) is 20.0 Å². The molecule has 2 rings (SSSR count). The standard InChI is InChI=1S/C13H16O3/c1-8-9(2)13(14)16-12(8)10-4-6-11(15-3)7-5-10/h4-9,12H,1-3H3/t8-,9-,12-/m0/s1. The Kier molecular flexibility index (Phi) is 2.86. The van der Waals surface area contributed by atoms with Crippen LogP contribution >= 0.6 is 0 Å². The highest BCUT2D eigenvalue weighted by Gasteiger charge is 2.39. The molecule has 3 atom stereocenters. The molecule has 86 valence electrons. The number of hydrogen-bond acceptors (Lipinski definition) is 3. The summed E-state index contributed by atoms with van der Waals surface area (Å²) in [5.74, 6) is 0.912. The van der Waals surface area contributed by atoms with Crippen molar-refractivity contribution in [3.63, 3.8) is 0 Å². The summed E-state index contributed by atoms with van der Waals surface area (Å²) in [7, 11) is 1.63. The molecule has 3 heteroatoms. The fourth-order valence-corrected chi connectivity index (χ4v) is 1.98. The van der Waals surface area contributed by atoms with Gasteiger partial charge in [0.05, 0.1) is 13.0 Å². The molecule has 0 radical (unpaired) electrons. The lowest BCUT2D eigenvalue weighted by Gasteiger charge is -2.15. The van der Waals surface area contributed by atoms with Crippen molar-refractivity contribution < 1.29 is 14.3 Å². The summed E-state index contributed by atoms with van der Waals surface area (Å²) in [6, 6.07) is 7.67. The molecule has 0 spiro atoms. The molecule has 0 bridgehead atoms. The van der Waals surface area contributed by atoms with Crippen LogP contribution in [0.25, 0.3) is 0 Å². The zero-order chi connectivity index (χ0) is 11.7. The predicted molar refractivity (Wildman–Crippen MR) is 60.2 cm³/mol. The van der Waals surface area contributed by atoms with E-state index in [2.05, 4.69) is 0 Å². The van der Waals surface area contributed by atoms with E-state index in [0.29, 0.717) is 0 Å². The molecule has 0 aromatic heterocycles. The van der Waals surface area contributed by atoms with Crippen LogP contribution in [-0.2, 0) is 9.53 Å². The van der Waals surface area contributed by atoms with Gasteiger partial charge in [0.2, 0.25) is 0 Å². The number of ether oxygens (including phenoxy) is 2. The van der Waals surface area contributed by atoms with Crippen LogP contribution in [0.4, 0.5) is 0 Å². The van der Waals surface area contributed by atoms with Crippen molar-refractivity contribution in [3.05, 3.63) is 29.8 Å². The number of carbonyl (C=O) groups is 1. The number of methoxy groups -OCH3 is 1. The summed E-state index contributed by atoms with van der Waals surface area (Å²) in [5.41, 5.74) is 1.03. The van der Waals surface area contributed by atoms with Gasteiger partial charge in [0, 0.05) is 5.92 Å². The summed E-state index contributed by atoms with van der Waals surface area (Å²) >= 11 is 0. The second-order valence-electron chi connectivity index (χ2n) is 4.28. The predicted octanol–water partition coefficient (Wildman–Crippen LogP) is 2.57. The molecule has 1 fully saturated rings. The highest BCUT2D eigenvalue weighted by molar-refractivity contribution is 5.75. The molecular weight excluding hydrogens is 204 g/mol. The molecule has 1 aromatic rings. The molecule has 1 saturated heterocycles. The minimum atomic E-state index is -0.117. The Morgan fingerprint density at radius 1 is 1.19 bits per heavy atom. The average molecular weight is 220 g/mol. The van der Waals surface area contributed by atoms with E-state index in [1.54, 1.807) is 7.11 Å². The van der Waals surface area contributed by atoms with Gasteiger partial charge in [0.15, 0.2) is 0 Å². The molecule has 3 nitrogen and oxygen atoms in total. The molecule has 0 aliphatic carbocycles. The molecule has 16 heavy (non-hydrogen) atoms. The van der Waals surface area contributed by atoms with Gasteiger partial charge < -0.3 is 9.47 Å². The normalized spacial score (nSPS) is 28.9. The first kappa shape index (κ1) is 11.0. The summed E-state index contributed by atoms with van der Waals surface area (Å²) in [6.45, 7) is 3.96. The number of cyclic esters (lactones) is 1. The Bertz CT molecular complexity index is 383. The molecule has 1 aliphatic rings. The second kappa shape index (κ2) is 4.16. The second-order valence-corrected chi connectivity index (χ2v) is 4.28. The highest BCUT2D eigenvalue weighted by Crippen LogP contribution is 2.38. The Labute approximate surface area is 95.4 Å². The summed E-state index contributed by atoms with van der Waals surface area (Å²) in [6.07, 6.45) is -0.117. The Morgan fingerprint density at radius 3 is 2.25 bits per heavy atom. The van der Waals surface area contributed by atoms with Gasteiger partial charge in [-0.05, 0) is 17.7 Å². The SMILES string of the molecule is COc1ccc([C@H]2OC(=O)[C@@H](C)[C@@H]2C)cc1. The number of rotatable bonds is 2. The van der Waals surface area contributed by atoms with Gasteiger partial charge in [-0.3, -0.25) is 4.79 Å². The summed E-state index contributed by atoms with van der Waals surface area (Å²) < 4.78 is 10.5. The Morgan fingerprint density at radius 2 is 1.81 bits per heavy atom. The van der Waals surface area contributed by atoms with Crippen LogP contribution in [0, 0.1) is 11.8 Å². The molecule has 1 aliphatic heterocycles. The van der Waals surface area contributed by atoms with Gasteiger partial charge >= 0.3 is 5.97 Å². The summed E-state index contributed by atoms with van der Waals surface area (Å²) in [5, 5.41) is 0. The van der Waals surface area contributed by atoms with Crippen LogP contribution in [0.15, 0.2) is 24.3 Å². The van der Waals surface area contributed by atoms with Gasteiger partial charge in [-0.25, -0.2) is 0 Å². The van der Waals surface area contributed by atoms with E-state index in [1.165, 1.54) is 0 Å². The first-order valence-corrected chi connectivity index (χ1v) is 5.48. The topological polar surface area (TPSA) is 35.5 Å². The van der Waals surface area contributed by atoms with E-state index in [4.69, 9.17) is 9.47 Å². The van der Waals surface area contributed by atoms with Gasteiger partial charge in [-0.1, -0.05) is 26.0 Å². The van der Waals surface area contributed by atoms with Crippen LogP contribution in [0.3, 0.4) is 0 Å². The molecule has 0 amide bonds. The highest BCUT2D eigenvalue weighted by atomic mass is 16.6. The lowest BCUT2D eigenvalue weighted by atomic mass is 9.90. The minimum absolute atomic E-state index is 0.0212. The quantitative estimate of drug-likeness (QED) is 0.718. The lowest BCUT2D eigenvalue weighted by molar-refractivity contribution is -0.144. The monoisotopic (exact) mass is 220 g/mol. The van der Waals surface area contributed by atoms with E-state index in [0.717, 1.165) is 11.3 Å². The number of carbonyl (C=O) groups excluding carboxylic acids is 1. The van der Waals surface area contributed by atoms with Crippen LogP contribution < -0.4 is 4.74 Å². The third kappa shape index (κ3) is 1.77. The third-order valence-electron chi connectivity index (χ3n) is 3.33. The molecule has 0 unspecified atom stereocenters. The van der Waals surface area contributed by atoms with Crippen molar-refractivity contribution >= 4 is 5.97 Å². The van der Waals surface area contributed by atoms with Crippen LogP contribution in [0.2, 0.25) is 0 Å². The van der Waals surface area contributed by atoms with Gasteiger partial charge in [-0.2, -0.15) is 0 Å². The molecule has 0 N–H and O–H groups in total. The van der Waals surface area contributed by atoms with E-state index in [1.807, 2.05) is 38.1 Å². The van der Waals surface area contributed by atoms with Gasteiger partial charge in [-0.15, -0.1) is 0 Å². The van der Waals surface area contributed by atoms with Crippen molar-refractivity contribution in [2.24, 2.45) is 11.8 Å². The first-order chi connectivity index (χ1) is 7.63. The maximum absolute atomic E-state index is 11.4. The van der Waals surface area contributed by atoms with Crippen molar-refractivity contribution in [1.82, 2.24) is 0 Å². The third-order valence-corrected chi connectivity index (χ3v) is 3.33. The van der Waals surface area contributed by atoms with Crippen molar-refractivity contribution in [2.75, 3.05) is 7.11 Å². The zero-order valence-electron chi connectivity index (χ0n) is 9.77. The van der Waals surface area contributed by atoms with Gasteiger partial charge in [0.1, 0.15) is 11.9 Å². The molecule has 1 aromatic carbocycles. The van der Waals surface area contributed by atoms with E-state index >= 15 is 0 Å². The number of esters is 1. The maximum atomic E-state index is 11.4. The van der Waals surface area contributed by atoms with Gasteiger partial charge in [0.25, 0.3) is 0 Å². The first-order valence-electron chi connectivity index (χ1n) is 5.48. The number of benzene rings is 1. The molecular formula is C13H16O3. The minimum Gasteiger partial charge on any atom is -0.497 e. The van der Waals surface area contributed by atoms with E-state index in [-0.39, 0.29) is 23.9 Å². The Balaban J connectivity index is 2.21. The smallest absolute Gasteiger partial charge is 0.309 e. The fraction of sp³-hybridized carbons (Fsp3) is 0.462. The molecule has 1 heterocycles. The van der Waals surface area contributed by atoms with E-state index in [9.17, 15) is 4.79 Å².